The fraction of sp³-hybridized carbons (Fsp3) is 0.545. The fourth-order valence-corrected chi connectivity index (χ4v) is 6.81. The van der Waals surface area contributed by atoms with Crippen molar-refractivity contribution in [1.82, 2.24) is 9.29 Å². The van der Waals surface area contributed by atoms with Crippen molar-refractivity contribution >= 4 is 27.3 Å². The third kappa shape index (κ3) is 5.52. The Morgan fingerprint density at radius 3 is 2.56 bits per heavy atom. The third-order valence-corrected chi connectivity index (χ3v) is 8.93. The number of piperidine rings is 1. The quantitative estimate of drug-likeness (QED) is 0.559. The van der Waals surface area contributed by atoms with Gasteiger partial charge in [-0.2, -0.15) is 0 Å². The molecule has 1 saturated heterocycles. The Morgan fingerprint density at radius 2 is 1.84 bits per heavy atom. The van der Waals surface area contributed by atoms with Crippen LogP contribution in [0.1, 0.15) is 71.9 Å². The van der Waals surface area contributed by atoms with E-state index in [1.54, 1.807) is 5.38 Å². The summed E-state index contributed by atoms with van der Waals surface area (Å²) in [6.45, 7) is 0.538. The van der Waals surface area contributed by atoms with Gasteiger partial charge in [0, 0.05) is 30.0 Å². The summed E-state index contributed by atoms with van der Waals surface area (Å²) in [4.78, 5) is 16.9. The lowest BCUT2D eigenvalue weighted by Gasteiger charge is -2.30. The number of hydrogen-bond donors (Lipinski definition) is 0. The van der Waals surface area contributed by atoms with Gasteiger partial charge in [0.05, 0.1) is 10.8 Å². The SMILES string of the molecule is O=C(OC1CCCCC1)c1csc(C2CCN(S(=O)(=O)Cc3cc(F)ccc3F)CC2)n1. The largest absolute Gasteiger partial charge is 0.458 e. The van der Waals surface area contributed by atoms with Crippen LogP contribution in [0.4, 0.5) is 8.78 Å². The molecule has 0 bridgehead atoms. The van der Waals surface area contributed by atoms with Gasteiger partial charge in [0.2, 0.25) is 10.0 Å². The maximum Gasteiger partial charge on any atom is 0.358 e. The molecule has 6 nitrogen and oxygen atoms in total. The van der Waals surface area contributed by atoms with E-state index in [0.717, 1.165) is 48.9 Å². The summed E-state index contributed by atoms with van der Waals surface area (Å²) >= 11 is 1.39. The summed E-state index contributed by atoms with van der Waals surface area (Å²) in [6, 6.07) is 2.82. The Morgan fingerprint density at radius 1 is 1.12 bits per heavy atom. The van der Waals surface area contributed by atoms with Crippen LogP contribution in [0.15, 0.2) is 23.6 Å². The van der Waals surface area contributed by atoms with Gasteiger partial charge in [-0.15, -0.1) is 11.3 Å². The van der Waals surface area contributed by atoms with Crippen molar-refractivity contribution < 1.29 is 26.7 Å². The summed E-state index contributed by atoms with van der Waals surface area (Å²) < 4.78 is 59.6. The molecular weight excluding hydrogens is 458 g/mol. The maximum absolute atomic E-state index is 13.9. The zero-order valence-corrected chi connectivity index (χ0v) is 19.3. The van der Waals surface area contributed by atoms with Crippen LogP contribution in [-0.4, -0.2) is 42.9 Å². The first-order valence-electron chi connectivity index (χ1n) is 10.9. The normalized spacial score (nSPS) is 19.2. The molecule has 2 heterocycles. The molecule has 10 heteroatoms. The number of esters is 1. The minimum absolute atomic E-state index is 0.0298. The van der Waals surface area contributed by atoms with Crippen molar-refractivity contribution in [1.29, 1.82) is 0 Å². The Kier molecular flexibility index (Phi) is 7.21. The summed E-state index contributed by atoms with van der Waals surface area (Å²) in [5, 5.41) is 2.50. The molecule has 1 aliphatic heterocycles. The molecule has 174 valence electrons. The van der Waals surface area contributed by atoms with Crippen molar-refractivity contribution in [3.63, 3.8) is 0 Å². The number of hydrogen-bond acceptors (Lipinski definition) is 6. The molecule has 0 amide bonds. The zero-order chi connectivity index (χ0) is 22.7. The van der Waals surface area contributed by atoms with Crippen molar-refractivity contribution in [2.45, 2.75) is 62.7 Å². The molecule has 0 atom stereocenters. The van der Waals surface area contributed by atoms with Gasteiger partial charge in [-0.1, -0.05) is 6.42 Å². The smallest absolute Gasteiger partial charge is 0.358 e. The molecular formula is C22H26F2N2O4S2. The summed E-state index contributed by atoms with van der Waals surface area (Å²) in [5.41, 5.74) is 0.139. The van der Waals surface area contributed by atoms with Crippen molar-refractivity contribution in [2.24, 2.45) is 0 Å². The van der Waals surface area contributed by atoms with Crippen LogP contribution in [0.25, 0.3) is 0 Å². The first kappa shape index (κ1) is 23.3. The van der Waals surface area contributed by atoms with Gasteiger partial charge >= 0.3 is 5.97 Å². The minimum atomic E-state index is -3.77. The van der Waals surface area contributed by atoms with Gasteiger partial charge in [-0.05, 0) is 56.7 Å². The molecule has 2 aromatic rings. The molecule has 1 aromatic heterocycles. The van der Waals surface area contributed by atoms with Gasteiger partial charge < -0.3 is 4.74 Å². The second-order valence-corrected chi connectivity index (χ2v) is 11.3. The lowest BCUT2D eigenvalue weighted by Crippen LogP contribution is -2.38. The number of thiazole rings is 1. The van der Waals surface area contributed by atoms with Crippen molar-refractivity contribution in [2.75, 3.05) is 13.1 Å². The van der Waals surface area contributed by atoms with Gasteiger partial charge in [0.1, 0.15) is 17.7 Å². The number of nitrogens with zero attached hydrogens (tertiary/aromatic N) is 2. The average molecular weight is 485 g/mol. The van der Waals surface area contributed by atoms with Crippen molar-refractivity contribution in [3.8, 4) is 0 Å². The predicted molar refractivity (Wildman–Crippen MR) is 117 cm³/mol. The van der Waals surface area contributed by atoms with Gasteiger partial charge in [0.15, 0.2) is 5.69 Å². The van der Waals surface area contributed by atoms with E-state index in [1.165, 1.54) is 22.1 Å². The first-order chi connectivity index (χ1) is 15.3. The number of carbonyl (C=O) groups is 1. The van der Waals surface area contributed by atoms with Crippen molar-refractivity contribution in [3.05, 3.63) is 51.5 Å². The Labute approximate surface area is 190 Å². The number of rotatable bonds is 6. The lowest BCUT2D eigenvalue weighted by atomic mass is 9.98. The zero-order valence-electron chi connectivity index (χ0n) is 17.6. The molecule has 0 N–H and O–H groups in total. The first-order valence-corrected chi connectivity index (χ1v) is 13.4. The highest BCUT2D eigenvalue weighted by Crippen LogP contribution is 2.32. The summed E-state index contributed by atoms with van der Waals surface area (Å²) in [7, 11) is -3.77. The van der Waals surface area contributed by atoms with Gasteiger partial charge in [-0.25, -0.2) is 31.3 Å². The van der Waals surface area contributed by atoms with E-state index in [-0.39, 0.29) is 30.7 Å². The maximum atomic E-state index is 13.9. The van der Waals surface area contributed by atoms with Crippen LogP contribution in [0.5, 0.6) is 0 Å². The van der Waals surface area contributed by atoms with Crippen LogP contribution in [-0.2, 0) is 20.5 Å². The number of benzene rings is 1. The topological polar surface area (TPSA) is 76.6 Å². The standard InChI is InChI=1S/C22H26F2N2O4S2/c23-17-6-7-19(24)16(12-17)14-32(28,29)26-10-8-15(9-11-26)21-25-20(13-31-21)22(27)30-18-4-2-1-3-5-18/h6-7,12-13,15,18H,1-5,8-11,14H2. The predicted octanol–water partition coefficient (Wildman–Crippen LogP) is 4.62. The van der Waals surface area contributed by atoms with Crippen LogP contribution in [0.2, 0.25) is 0 Å². The highest BCUT2D eigenvalue weighted by atomic mass is 32.2. The molecule has 0 radical (unpaired) electrons. The van der Waals surface area contributed by atoms with Crippen LogP contribution in [0.3, 0.4) is 0 Å². The molecule has 4 rings (SSSR count). The number of aromatic nitrogens is 1. The van der Waals surface area contributed by atoms with Crippen LogP contribution < -0.4 is 0 Å². The number of ether oxygens (including phenoxy) is 1. The molecule has 0 spiro atoms. The van der Waals surface area contributed by atoms with Crippen LogP contribution in [0, 0.1) is 11.6 Å². The molecule has 2 fully saturated rings. The van der Waals surface area contributed by atoms with Crippen LogP contribution >= 0.6 is 11.3 Å². The van der Waals surface area contributed by atoms with E-state index in [1.807, 2.05) is 0 Å². The van der Waals surface area contributed by atoms with E-state index in [0.29, 0.717) is 18.5 Å². The highest BCUT2D eigenvalue weighted by molar-refractivity contribution is 7.88. The molecule has 2 aliphatic rings. The van der Waals surface area contributed by atoms with Gasteiger partial charge in [-0.3, -0.25) is 0 Å². The Hall–Kier alpha value is -1.91. The average Bonchev–Trinajstić information content (AvgIpc) is 3.27. The highest BCUT2D eigenvalue weighted by Gasteiger charge is 2.31. The minimum Gasteiger partial charge on any atom is -0.458 e. The lowest BCUT2D eigenvalue weighted by molar-refractivity contribution is 0.0205. The van der Waals surface area contributed by atoms with E-state index < -0.39 is 33.4 Å². The molecule has 32 heavy (non-hydrogen) atoms. The van der Waals surface area contributed by atoms with E-state index in [9.17, 15) is 22.0 Å². The number of carbonyl (C=O) groups excluding carboxylic acids is 1. The molecule has 1 saturated carbocycles. The Balaban J connectivity index is 1.33. The van der Waals surface area contributed by atoms with E-state index in [4.69, 9.17) is 4.74 Å². The summed E-state index contributed by atoms with van der Waals surface area (Å²) in [5.74, 6) is -2.32. The molecule has 0 unspecified atom stereocenters. The second kappa shape index (κ2) is 9.93. The Bertz CT molecular complexity index is 1060. The van der Waals surface area contributed by atoms with E-state index >= 15 is 0 Å². The third-order valence-electron chi connectivity index (χ3n) is 6.10. The monoisotopic (exact) mass is 484 g/mol. The fourth-order valence-electron chi connectivity index (χ4n) is 4.29. The number of sulfonamides is 1. The second-order valence-electron chi connectivity index (χ2n) is 8.40. The van der Waals surface area contributed by atoms with Gasteiger partial charge in [0.25, 0.3) is 0 Å². The van der Waals surface area contributed by atoms with E-state index in [2.05, 4.69) is 4.98 Å². The molecule has 1 aromatic carbocycles. The summed E-state index contributed by atoms with van der Waals surface area (Å²) in [6.07, 6.45) is 6.20. The molecule has 1 aliphatic carbocycles. The number of halogens is 2.